The van der Waals surface area contributed by atoms with Gasteiger partial charge in [0.2, 0.25) is 11.5 Å². The van der Waals surface area contributed by atoms with Gasteiger partial charge in [0.05, 0.1) is 38.3 Å². The van der Waals surface area contributed by atoms with Crippen LogP contribution >= 0.6 is 21.6 Å². The largest absolute Gasteiger partial charge is 0.493 e. The number of methoxy groups -OCH3 is 4. The zero-order chi connectivity index (χ0) is 36.4. The molecule has 0 aliphatic rings. The Bertz CT molecular complexity index is 1180. The van der Waals surface area contributed by atoms with E-state index in [1.165, 1.54) is 28.4 Å². The van der Waals surface area contributed by atoms with Gasteiger partial charge in [-0.25, -0.2) is 0 Å². The number of rotatable bonds is 31. The first-order valence-electron chi connectivity index (χ1n) is 17.2. The second-order valence-electron chi connectivity index (χ2n) is 11.5. The fraction of sp³-hybridized carbons (Fsp3) is 0.647. The zero-order valence-corrected chi connectivity index (χ0v) is 31.6. The smallest absolute Gasteiger partial charge is 0.319 e. The monoisotopic (exact) mass is 740 g/mol. The van der Waals surface area contributed by atoms with Crippen molar-refractivity contribution < 1.29 is 28.8 Å². The maximum Gasteiger partial charge on any atom is 0.319 e. The molecular formula is C34H56N6O8S2. The molecule has 0 aromatic heterocycles. The van der Waals surface area contributed by atoms with Crippen molar-refractivity contribution in [2.75, 3.05) is 79.2 Å². The van der Waals surface area contributed by atoms with Crippen molar-refractivity contribution in [3.8, 4) is 23.0 Å². The van der Waals surface area contributed by atoms with Gasteiger partial charge in [-0.1, -0.05) is 47.3 Å². The molecule has 0 heterocycles. The van der Waals surface area contributed by atoms with Crippen molar-refractivity contribution in [3.63, 3.8) is 0 Å². The van der Waals surface area contributed by atoms with Crippen molar-refractivity contribution in [3.05, 3.63) is 55.6 Å². The molecule has 16 heteroatoms. The minimum Gasteiger partial charge on any atom is -0.493 e. The van der Waals surface area contributed by atoms with Gasteiger partial charge in [0.1, 0.15) is 0 Å². The van der Waals surface area contributed by atoms with Gasteiger partial charge in [-0.15, -0.1) is 0 Å². The highest BCUT2D eigenvalue weighted by molar-refractivity contribution is 8.76. The summed E-state index contributed by atoms with van der Waals surface area (Å²) < 4.78 is 20.8. The first-order valence-corrected chi connectivity index (χ1v) is 19.7. The molecule has 2 aromatic rings. The van der Waals surface area contributed by atoms with E-state index < -0.39 is 9.85 Å². The lowest BCUT2D eigenvalue weighted by atomic mass is 10.1. The molecular weight excluding hydrogens is 685 g/mol. The molecule has 2 rings (SSSR count). The summed E-state index contributed by atoms with van der Waals surface area (Å²) in [5.41, 5.74) is 1.07. The normalized spacial score (nSPS) is 11.0. The van der Waals surface area contributed by atoms with Gasteiger partial charge in [0.25, 0.3) is 0 Å². The molecule has 0 bridgehead atoms. The van der Waals surface area contributed by atoms with E-state index in [1.54, 1.807) is 24.3 Å². The maximum atomic E-state index is 11.6. The minimum absolute atomic E-state index is 0.0490. The summed E-state index contributed by atoms with van der Waals surface area (Å²) in [6, 6.07) is 6.82. The van der Waals surface area contributed by atoms with Gasteiger partial charge in [-0.3, -0.25) is 20.2 Å². The number of nitrogens with one attached hydrogen (secondary N) is 4. The molecule has 0 atom stereocenters. The van der Waals surface area contributed by atoms with Gasteiger partial charge in [-0.2, -0.15) is 0 Å². The zero-order valence-electron chi connectivity index (χ0n) is 30.0. The Balaban J connectivity index is 1.35. The highest BCUT2D eigenvalue weighted by atomic mass is 33.1. The van der Waals surface area contributed by atoms with Crippen LogP contribution in [0.5, 0.6) is 23.0 Å². The molecule has 0 saturated carbocycles. The van der Waals surface area contributed by atoms with E-state index in [-0.39, 0.29) is 22.9 Å². The molecule has 0 unspecified atom stereocenters. The average molecular weight is 741 g/mol. The second-order valence-corrected chi connectivity index (χ2v) is 14.2. The van der Waals surface area contributed by atoms with Crippen molar-refractivity contribution in [2.45, 2.75) is 64.5 Å². The van der Waals surface area contributed by atoms with E-state index >= 15 is 0 Å². The number of nitrogens with zero attached hydrogens (tertiary/aromatic N) is 2. The molecule has 0 spiro atoms. The number of nitro groups is 2. The van der Waals surface area contributed by atoms with Crippen molar-refractivity contribution >= 4 is 33.0 Å². The van der Waals surface area contributed by atoms with Crippen LogP contribution in [0.15, 0.2) is 24.3 Å². The second kappa shape index (κ2) is 26.7. The molecule has 0 radical (unpaired) electrons. The summed E-state index contributed by atoms with van der Waals surface area (Å²) in [5.74, 6) is 3.20. The molecule has 0 saturated heterocycles. The lowest BCUT2D eigenvalue weighted by Gasteiger charge is -2.11. The summed E-state index contributed by atoms with van der Waals surface area (Å²) in [5, 5.41) is 36.8. The van der Waals surface area contributed by atoms with Crippen LogP contribution in [-0.2, 0) is 13.1 Å². The summed E-state index contributed by atoms with van der Waals surface area (Å²) in [7, 11) is 9.58. The minimum atomic E-state index is -0.418. The molecule has 4 N–H and O–H groups in total. The SMILES string of the molecule is COc1ccc(CNCCCCCCNCCSSCCNCCCCCCNCc2ccc(OC)c(OC)c2[N+](=O)[O-])c([N+](=O)[O-])c1OC. The lowest BCUT2D eigenvalue weighted by molar-refractivity contribution is -0.386. The summed E-state index contributed by atoms with van der Waals surface area (Å²) in [4.78, 5) is 22.3. The van der Waals surface area contributed by atoms with E-state index in [0.717, 1.165) is 102 Å². The van der Waals surface area contributed by atoms with Crippen LogP contribution in [0.2, 0.25) is 0 Å². The van der Waals surface area contributed by atoms with E-state index in [2.05, 4.69) is 21.3 Å². The fourth-order valence-corrected chi connectivity index (χ4v) is 7.24. The van der Waals surface area contributed by atoms with Crippen LogP contribution in [0.25, 0.3) is 0 Å². The quantitative estimate of drug-likeness (QED) is 0.0303. The molecule has 50 heavy (non-hydrogen) atoms. The van der Waals surface area contributed by atoms with Gasteiger partial charge in [0, 0.05) is 48.8 Å². The van der Waals surface area contributed by atoms with E-state index in [9.17, 15) is 20.2 Å². The Morgan fingerprint density at radius 2 is 0.880 bits per heavy atom. The van der Waals surface area contributed by atoms with Crippen LogP contribution in [0.4, 0.5) is 11.4 Å². The summed E-state index contributed by atoms with van der Waals surface area (Å²) >= 11 is 0. The first kappa shape index (κ1) is 43.1. The summed E-state index contributed by atoms with van der Waals surface area (Å²) in [6.45, 7) is 6.50. The molecule has 0 aliphatic heterocycles. The number of ether oxygens (including phenoxy) is 4. The molecule has 0 fully saturated rings. The van der Waals surface area contributed by atoms with Crippen molar-refractivity contribution in [1.29, 1.82) is 0 Å². The van der Waals surface area contributed by atoms with Crippen LogP contribution in [0, 0.1) is 20.2 Å². The maximum absolute atomic E-state index is 11.6. The van der Waals surface area contributed by atoms with Gasteiger partial charge in [-0.05, 0) is 76.1 Å². The van der Waals surface area contributed by atoms with Gasteiger partial charge < -0.3 is 40.2 Å². The highest BCUT2D eigenvalue weighted by Gasteiger charge is 2.25. The van der Waals surface area contributed by atoms with Crippen LogP contribution < -0.4 is 40.2 Å². The van der Waals surface area contributed by atoms with Crippen LogP contribution in [0.1, 0.15) is 62.5 Å². The Labute approximate surface area is 304 Å². The Morgan fingerprint density at radius 3 is 1.20 bits per heavy atom. The summed E-state index contributed by atoms with van der Waals surface area (Å²) in [6.07, 6.45) is 8.88. The molecule has 2 aromatic carbocycles. The van der Waals surface area contributed by atoms with Crippen LogP contribution in [-0.4, -0.2) is 89.1 Å². The van der Waals surface area contributed by atoms with E-state index in [4.69, 9.17) is 18.9 Å². The van der Waals surface area contributed by atoms with Gasteiger partial charge in [0.15, 0.2) is 11.5 Å². The Kier molecular flexibility index (Phi) is 23.1. The Morgan fingerprint density at radius 1 is 0.520 bits per heavy atom. The van der Waals surface area contributed by atoms with E-state index in [0.29, 0.717) is 35.7 Å². The van der Waals surface area contributed by atoms with Gasteiger partial charge >= 0.3 is 11.4 Å². The fourth-order valence-electron chi connectivity index (χ4n) is 5.34. The third kappa shape index (κ3) is 15.9. The molecule has 14 nitrogen and oxygen atoms in total. The molecule has 0 aliphatic carbocycles. The van der Waals surface area contributed by atoms with Crippen molar-refractivity contribution in [1.82, 2.24) is 21.3 Å². The average Bonchev–Trinajstić information content (AvgIpc) is 3.12. The molecule has 0 amide bonds. The Hall–Kier alpha value is -3.02. The van der Waals surface area contributed by atoms with E-state index in [1.807, 2.05) is 21.6 Å². The number of hydrogen-bond donors (Lipinski definition) is 4. The topological polar surface area (TPSA) is 171 Å². The predicted octanol–water partition coefficient (Wildman–Crippen LogP) is 6.10. The number of benzene rings is 2. The number of nitro benzene ring substituents is 2. The standard InChI is InChI=1S/C34H56N6O8S2/c1-45-29-15-13-27(31(39(41)42)33(29)47-3)25-37-19-11-7-5-9-17-35-21-23-49-50-24-22-36-18-10-6-8-12-20-38-26-28-14-16-30(46-2)34(48-4)32(28)40(43)44/h13-16,35-38H,5-12,17-26H2,1-4H3. The number of hydrogen-bond acceptors (Lipinski definition) is 14. The molecule has 282 valence electrons. The lowest BCUT2D eigenvalue weighted by Crippen LogP contribution is -2.19. The third-order valence-corrected chi connectivity index (χ3v) is 10.3. The highest BCUT2D eigenvalue weighted by Crippen LogP contribution is 2.40. The van der Waals surface area contributed by atoms with Crippen LogP contribution in [0.3, 0.4) is 0 Å². The number of unbranched alkanes of at least 4 members (excludes halogenated alkanes) is 6. The van der Waals surface area contributed by atoms with Crippen molar-refractivity contribution in [2.24, 2.45) is 0 Å². The third-order valence-electron chi connectivity index (χ3n) is 7.92. The first-order chi connectivity index (χ1) is 24.4. The predicted molar refractivity (Wildman–Crippen MR) is 203 cm³/mol.